The molecule has 1 saturated heterocycles. The fourth-order valence-electron chi connectivity index (χ4n) is 3.83. The number of rotatable bonds is 8. The maximum absolute atomic E-state index is 12.8. The Labute approximate surface area is 177 Å². The van der Waals surface area contributed by atoms with Gasteiger partial charge in [0.25, 0.3) is 0 Å². The number of carbonyl (C=O) groups excluding carboxylic acids is 1. The van der Waals surface area contributed by atoms with Gasteiger partial charge < -0.3 is 23.8 Å². The quantitative estimate of drug-likeness (QED) is 0.481. The summed E-state index contributed by atoms with van der Waals surface area (Å²) in [6, 6.07) is 10.8. The first-order chi connectivity index (χ1) is 14.7. The fraction of sp³-hybridized carbons (Fsp3) is 0.375. The van der Waals surface area contributed by atoms with Crippen LogP contribution in [0.5, 0.6) is 23.0 Å². The molecule has 158 valence electrons. The van der Waals surface area contributed by atoms with Gasteiger partial charge in [0.2, 0.25) is 5.78 Å². The number of nitrogens with zero attached hydrogens (tertiary/aromatic N) is 1. The van der Waals surface area contributed by atoms with Gasteiger partial charge in [0.1, 0.15) is 23.0 Å². The van der Waals surface area contributed by atoms with Crippen molar-refractivity contribution in [3.8, 4) is 23.0 Å². The number of fused-ring (bicyclic) bond motifs is 1. The topological polar surface area (TPSA) is 57.2 Å². The molecule has 2 aliphatic heterocycles. The van der Waals surface area contributed by atoms with E-state index in [1.807, 2.05) is 6.07 Å². The van der Waals surface area contributed by atoms with E-state index in [0.29, 0.717) is 40.7 Å². The lowest BCUT2D eigenvalue weighted by atomic mass is 10.1. The van der Waals surface area contributed by atoms with E-state index in [1.54, 1.807) is 50.6 Å². The molecule has 2 aromatic carbocycles. The van der Waals surface area contributed by atoms with Gasteiger partial charge in [-0.2, -0.15) is 0 Å². The summed E-state index contributed by atoms with van der Waals surface area (Å²) < 4.78 is 22.4. The molecule has 6 heteroatoms. The van der Waals surface area contributed by atoms with Crippen molar-refractivity contribution in [2.24, 2.45) is 0 Å². The number of likely N-dealkylation sites (tertiary alicyclic amines) is 1. The highest BCUT2D eigenvalue weighted by atomic mass is 16.5. The van der Waals surface area contributed by atoms with Gasteiger partial charge in [0, 0.05) is 18.2 Å². The summed E-state index contributed by atoms with van der Waals surface area (Å²) in [5.41, 5.74) is 1.25. The summed E-state index contributed by atoms with van der Waals surface area (Å²) in [5.74, 6) is 2.64. The Balaban J connectivity index is 1.43. The zero-order valence-corrected chi connectivity index (χ0v) is 17.5. The summed E-state index contributed by atoms with van der Waals surface area (Å²) in [6.45, 7) is 4.10. The first-order valence-corrected chi connectivity index (χ1v) is 10.3. The molecule has 30 heavy (non-hydrogen) atoms. The molecule has 6 nitrogen and oxygen atoms in total. The number of benzene rings is 2. The number of carbonyl (C=O) groups is 1. The third-order valence-electron chi connectivity index (χ3n) is 5.45. The Morgan fingerprint density at radius 3 is 2.60 bits per heavy atom. The van der Waals surface area contributed by atoms with Crippen molar-refractivity contribution in [1.29, 1.82) is 0 Å². The maximum Gasteiger partial charge on any atom is 0.231 e. The van der Waals surface area contributed by atoms with Crippen molar-refractivity contribution < 1.29 is 23.7 Å². The number of ketones is 1. The van der Waals surface area contributed by atoms with Gasteiger partial charge in [0.05, 0.1) is 26.4 Å². The van der Waals surface area contributed by atoms with Crippen LogP contribution in [-0.2, 0) is 0 Å². The normalized spacial score (nSPS) is 17.1. The van der Waals surface area contributed by atoms with Crippen LogP contribution in [0.15, 0.2) is 42.2 Å². The van der Waals surface area contributed by atoms with Crippen molar-refractivity contribution in [2.45, 2.75) is 19.3 Å². The molecule has 0 saturated carbocycles. The van der Waals surface area contributed by atoms with E-state index in [9.17, 15) is 4.79 Å². The molecule has 2 heterocycles. The van der Waals surface area contributed by atoms with E-state index >= 15 is 0 Å². The maximum atomic E-state index is 12.8. The number of hydrogen-bond acceptors (Lipinski definition) is 6. The summed E-state index contributed by atoms with van der Waals surface area (Å²) in [5, 5.41) is 0. The summed E-state index contributed by atoms with van der Waals surface area (Å²) in [4.78, 5) is 15.2. The minimum atomic E-state index is -0.157. The van der Waals surface area contributed by atoms with E-state index in [2.05, 4.69) is 4.90 Å². The molecule has 0 aliphatic carbocycles. The van der Waals surface area contributed by atoms with Crippen LogP contribution in [0.1, 0.15) is 35.2 Å². The first-order valence-electron chi connectivity index (χ1n) is 10.3. The van der Waals surface area contributed by atoms with Crippen molar-refractivity contribution >= 4 is 11.9 Å². The number of Topliss-reactive ketones (excluding diaryl/α,β-unsaturated/α-hetero) is 1. The monoisotopic (exact) mass is 409 g/mol. The second-order valence-electron chi connectivity index (χ2n) is 7.46. The van der Waals surface area contributed by atoms with Crippen LogP contribution in [0.2, 0.25) is 0 Å². The highest BCUT2D eigenvalue weighted by Crippen LogP contribution is 2.36. The molecular weight excluding hydrogens is 382 g/mol. The Morgan fingerprint density at radius 2 is 1.83 bits per heavy atom. The lowest BCUT2D eigenvalue weighted by Crippen LogP contribution is -2.21. The predicted molar refractivity (Wildman–Crippen MR) is 115 cm³/mol. The van der Waals surface area contributed by atoms with Gasteiger partial charge in [0.15, 0.2) is 5.76 Å². The molecule has 2 aromatic rings. The second-order valence-corrected chi connectivity index (χ2v) is 7.46. The molecule has 0 radical (unpaired) electrons. The highest BCUT2D eigenvalue weighted by molar-refractivity contribution is 6.14. The molecule has 0 aromatic heterocycles. The Hall–Kier alpha value is -2.99. The van der Waals surface area contributed by atoms with Crippen LogP contribution >= 0.6 is 0 Å². The smallest absolute Gasteiger partial charge is 0.231 e. The van der Waals surface area contributed by atoms with E-state index in [0.717, 1.165) is 13.0 Å². The molecule has 0 atom stereocenters. The summed E-state index contributed by atoms with van der Waals surface area (Å²) >= 11 is 0. The SMILES string of the molecule is COc1ccc(OC)c(/C=C2/Oc3cc(OCCCN4CCCC4)ccc3C2=O)c1. The molecule has 1 fully saturated rings. The Bertz CT molecular complexity index is 947. The molecule has 0 amide bonds. The summed E-state index contributed by atoms with van der Waals surface area (Å²) in [6.07, 6.45) is 5.26. The molecule has 2 aliphatic rings. The molecule has 0 unspecified atom stereocenters. The second kappa shape index (κ2) is 9.22. The molecule has 0 N–H and O–H groups in total. The van der Waals surface area contributed by atoms with Crippen LogP contribution in [0.3, 0.4) is 0 Å². The third kappa shape index (κ3) is 4.44. The van der Waals surface area contributed by atoms with E-state index in [1.165, 1.54) is 25.9 Å². The molecule has 0 bridgehead atoms. The zero-order chi connectivity index (χ0) is 20.9. The predicted octanol–water partition coefficient (Wildman–Crippen LogP) is 4.18. The standard InChI is InChI=1S/C24H27NO5/c1-27-18-7-9-21(28-2)17(14-18)15-23-24(26)20-8-6-19(16-22(20)30-23)29-13-5-12-25-10-3-4-11-25/h6-9,14-16H,3-5,10-13H2,1-2H3/b23-15+. The van der Waals surface area contributed by atoms with E-state index < -0.39 is 0 Å². The molecular formula is C24H27NO5. The van der Waals surface area contributed by atoms with Gasteiger partial charge in [-0.3, -0.25) is 4.79 Å². The Morgan fingerprint density at radius 1 is 1.03 bits per heavy atom. The number of ether oxygens (including phenoxy) is 4. The van der Waals surface area contributed by atoms with Crippen molar-refractivity contribution in [1.82, 2.24) is 4.90 Å². The lowest BCUT2D eigenvalue weighted by Gasteiger charge is -2.14. The largest absolute Gasteiger partial charge is 0.497 e. The number of hydrogen-bond donors (Lipinski definition) is 0. The van der Waals surface area contributed by atoms with Gasteiger partial charge in [-0.05, 0) is 68.8 Å². The molecule has 0 spiro atoms. The average Bonchev–Trinajstić information content (AvgIpc) is 3.39. The third-order valence-corrected chi connectivity index (χ3v) is 5.45. The van der Waals surface area contributed by atoms with Gasteiger partial charge >= 0.3 is 0 Å². The van der Waals surface area contributed by atoms with Crippen LogP contribution < -0.4 is 18.9 Å². The summed E-state index contributed by atoms with van der Waals surface area (Å²) in [7, 11) is 3.18. The van der Waals surface area contributed by atoms with Crippen LogP contribution in [-0.4, -0.2) is 51.1 Å². The van der Waals surface area contributed by atoms with Gasteiger partial charge in [-0.1, -0.05) is 0 Å². The zero-order valence-electron chi connectivity index (χ0n) is 17.5. The van der Waals surface area contributed by atoms with E-state index in [4.69, 9.17) is 18.9 Å². The minimum absolute atomic E-state index is 0.157. The minimum Gasteiger partial charge on any atom is -0.497 e. The fourth-order valence-corrected chi connectivity index (χ4v) is 3.83. The number of allylic oxidation sites excluding steroid dienone is 1. The number of methoxy groups -OCH3 is 2. The lowest BCUT2D eigenvalue weighted by molar-refractivity contribution is 0.101. The van der Waals surface area contributed by atoms with Crippen LogP contribution in [0, 0.1) is 0 Å². The van der Waals surface area contributed by atoms with Crippen molar-refractivity contribution in [2.75, 3.05) is 40.5 Å². The van der Waals surface area contributed by atoms with Gasteiger partial charge in [-0.25, -0.2) is 0 Å². The Kier molecular flexibility index (Phi) is 6.23. The average molecular weight is 409 g/mol. The molecule has 4 rings (SSSR count). The van der Waals surface area contributed by atoms with Crippen LogP contribution in [0.25, 0.3) is 6.08 Å². The van der Waals surface area contributed by atoms with Crippen molar-refractivity contribution in [3.05, 3.63) is 53.3 Å². The van der Waals surface area contributed by atoms with Gasteiger partial charge in [-0.15, -0.1) is 0 Å². The highest BCUT2D eigenvalue weighted by Gasteiger charge is 2.28. The van der Waals surface area contributed by atoms with Crippen LogP contribution in [0.4, 0.5) is 0 Å². The van der Waals surface area contributed by atoms with Crippen molar-refractivity contribution in [3.63, 3.8) is 0 Å². The van der Waals surface area contributed by atoms with E-state index in [-0.39, 0.29) is 11.5 Å². The first kappa shape index (κ1) is 20.3.